The quantitative estimate of drug-likeness (QED) is 0.857. The minimum absolute atomic E-state index is 0.0336. The smallest absolute Gasteiger partial charge is 0.303 e. The van der Waals surface area contributed by atoms with Gasteiger partial charge in [0.2, 0.25) is 5.91 Å². The van der Waals surface area contributed by atoms with E-state index >= 15 is 0 Å². The van der Waals surface area contributed by atoms with Crippen molar-refractivity contribution >= 4 is 23.2 Å². The minimum atomic E-state index is -0.808. The normalized spacial score (nSPS) is 17.4. The van der Waals surface area contributed by atoms with Gasteiger partial charge in [-0.1, -0.05) is 6.07 Å². The summed E-state index contributed by atoms with van der Waals surface area (Å²) in [5.41, 5.74) is 1.56. The fraction of sp³-hybridized carbons (Fsp3) is 0.444. The molecule has 6 nitrogen and oxygen atoms in total. The highest BCUT2D eigenvalue weighted by Crippen LogP contribution is 2.24. The molecule has 0 aromatic carbocycles. The zero-order valence-corrected chi connectivity index (χ0v) is 14.7. The van der Waals surface area contributed by atoms with Gasteiger partial charge in [-0.05, 0) is 37.8 Å². The maximum absolute atomic E-state index is 12.7. The number of pyridine rings is 1. The summed E-state index contributed by atoms with van der Waals surface area (Å²) in [5.74, 6) is -0.773. The van der Waals surface area contributed by atoms with E-state index in [0.717, 1.165) is 35.7 Å². The fourth-order valence-corrected chi connectivity index (χ4v) is 3.97. The predicted molar refractivity (Wildman–Crippen MR) is 95.3 cm³/mol. The largest absolute Gasteiger partial charge is 0.481 e. The molecule has 3 rings (SSSR count). The molecule has 1 saturated heterocycles. The number of aliphatic carboxylic acids is 1. The van der Waals surface area contributed by atoms with Crippen LogP contribution in [0.4, 0.5) is 0 Å². The van der Waals surface area contributed by atoms with E-state index < -0.39 is 5.97 Å². The van der Waals surface area contributed by atoms with Gasteiger partial charge in [0.05, 0.1) is 17.8 Å². The number of carbonyl (C=O) groups is 2. The summed E-state index contributed by atoms with van der Waals surface area (Å²) in [7, 11) is 0. The highest BCUT2D eigenvalue weighted by atomic mass is 32.1. The summed E-state index contributed by atoms with van der Waals surface area (Å²) < 4.78 is 0. The van der Waals surface area contributed by atoms with E-state index in [9.17, 15) is 9.59 Å². The molecule has 1 fully saturated rings. The lowest BCUT2D eigenvalue weighted by Crippen LogP contribution is -2.44. The van der Waals surface area contributed by atoms with E-state index in [1.54, 1.807) is 6.20 Å². The fourth-order valence-electron chi connectivity index (χ4n) is 3.17. The number of hydrogen-bond acceptors (Lipinski definition) is 5. The lowest BCUT2D eigenvalue weighted by Gasteiger charge is -2.35. The number of amides is 1. The van der Waals surface area contributed by atoms with Crippen LogP contribution in [0.1, 0.15) is 37.8 Å². The Labute approximate surface area is 150 Å². The lowest BCUT2D eigenvalue weighted by molar-refractivity contribution is -0.139. The van der Waals surface area contributed by atoms with Crippen LogP contribution in [0.25, 0.3) is 10.7 Å². The first-order valence-electron chi connectivity index (χ1n) is 8.50. The second-order valence-electron chi connectivity index (χ2n) is 6.20. The molecule has 0 radical (unpaired) electrons. The summed E-state index contributed by atoms with van der Waals surface area (Å²) in [5, 5.41) is 11.6. The predicted octanol–water partition coefficient (Wildman–Crippen LogP) is 2.99. The molecule has 1 amide bonds. The highest BCUT2D eigenvalue weighted by Gasteiger charge is 2.27. The van der Waals surface area contributed by atoms with E-state index in [4.69, 9.17) is 5.11 Å². The lowest BCUT2D eigenvalue weighted by atomic mass is 9.97. The van der Waals surface area contributed by atoms with Crippen molar-refractivity contribution < 1.29 is 14.7 Å². The molecule has 132 valence electrons. The third-order valence-electron chi connectivity index (χ3n) is 4.41. The standard InChI is InChI=1S/C18H21N3O3S/c22-16(21-10-4-2-5-14(21)7-8-17(23)24)11-13-12-25-18(20-13)15-6-1-3-9-19-15/h1,3,6,9,12,14H,2,4-5,7-8,10-11H2,(H,23,24). The Balaban J connectivity index is 1.64. The van der Waals surface area contributed by atoms with Gasteiger partial charge in [0, 0.05) is 30.6 Å². The van der Waals surface area contributed by atoms with Crippen LogP contribution in [0, 0.1) is 0 Å². The number of nitrogens with zero attached hydrogens (tertiary/aromatic N) is 3. The Bertz CT molecular complexity index is 732. The Morgan fingerprint density at radius 2 is 2.20 bits per heavy atom. The highest BCUT2D eigenvalue weighted by molar-refractivity contribution is 7.13. The Hall–Kier alpha value is -2.28. The molecule has 25 heavy (non-hydrogen) atoms. The van der Waals surface area contributed by atoms with Gasteiger partial charge < -0.3 is 10.0 Å². The molecule has 2 aromatic heterocycles. The van der Waals surface area contributed by atoms with Gasteiger partial charge in [0.1, 0.15) is 5.01 Å². The second kappa shape index (κ2) is 8.20. The maximum Gasteiger partial charge on any atom is 0.303 e. The van der Waals surface area contributed by atoms with Crippen LogP contribution in [0.3, 0.4) is 0 Å². The van der Waals surface area contributed by atoms with Crippen LogP contribution < -0.4 is 0 Å². The number of likely N-dealkylation sites (tertiary alicyclic amines) is 1. The molecular formula is C18H21N3O3S. The number of thiazole rings is 1. The second-order valence-corrected chi connectivity index (χ2v) is 7.06. The van der Waals surface area contributed by atoms with Gasteiger partial charge in [0.15, 0.2) is 0 Å². The van der Waals surface area contributed by atoms with Gasteiger partial charge >= 0.3 is 5.97 Å². The summed E-state index contributed by atoms with van der Waals surface area (Å²) in [6.45, 7) is 0.709. The number of piperidine rings is 1. The molecular weight excluding hydrogens is 338 g/mol. The third kappa shape index (κ3) is 4.63. The third-order valence-corrected chi connectivity index (χ3v) is 5.32. The van der Waals surface area contributed by atoms with E-state index in [1.165, 1.54) is 11.3 Å². The molecule has 0 aliphatic carbocycles. The van der Waals surface area contributed by atoms with Crippen LogP contribution in [-0.2, 0) is 16.0 Å². The van der Waals surface area contributed by atoms with Crippen LogP contribution in [0.2, 0.25) is 0 Å². The first-order valence-corrected chi connectivity index (χ1v) is 9.38. The van der Waals surface area contributed by atoms with Gasteiger partial charge in [-0.15, -0.1) is 11.3 Å². The number of aromatic nitrogens is 2. The van der Waals surface area contributed by atoms with Crippen molar-refractivity contribution in [1.29, 1.82) is 0 Å². The van der Waals surface area contributed by atoms with Crippen molar-refractivity contribution in [3.05, 3.63) is 35.5 Å². The van der Waals surface area contributed by atoms with Crippen molar-refractivity contribution in [1.82, 2.24) is 14.9 Å². The molecule has 0 bridgehead atoms. The summed E-state index contributed by atoms with van der Waals surface area (Å²) in [6, 6.07) is 5.70. The topological polar surface area (TPSA) is 83.4 Å². The van der Waals surface area contributed by atoms with Crippen LogP contribution in [-0.4, -0.2) is 44.4 Å². The zero-order valence-electron chi connectivity index (χ0n) is 13.9. The van der Waals surface area contributed by atoms with E-state index in [0.29, 0.717) is 13.0 Å². The van der Waals surface area contributed by atoms with Crippen LogP contribution >= 0.6 is 11.3 Å². The van der Waals surface area contributed by atoms with Crippen molar-refractivity contribution in [3.63, 3.8) is 0 Å². The van der Waals surface area contributed by atoms with Crippen molar-refractivity contribution in [2.75, 3.05) is 6.54 Å². The van der Waals surface area contributed by atoms with Gasteiger partial charge in [-0.25, -0.2) is 4.98 Å². The molecule has 7 heteroatoms. The summed E-state index contributed by atoms with van der Waals surface area (Å²) in [6.07, 6.45) is 5.52. The summed E-state index contributed by atoms with van der Waals surface area (Å²) in [4.78, 5) is 34.2. The Morgan fingerprint density at radius 3 is 2.96 bits per heavy atom. The number of carboxylic acids is 1. The number of carbonyl (C=O) groups excluding carboxylic acids is 1. The molecule has 1 aliphatic rings. The molecule has 1 unspecified atom stereocenters. The van der Waals surface area contributed by atoms with Crippen LogP contribution in [0.5, 0.6) is 0 Å². The first-order chi connectivity index (χ1) is 12.1. The van der Waals surface area contributed by atoms with Crippen molar-refractivity contribution in [2.24, 2.45) is 0 Å². The maximum atomic E-state index is 12.7. The van der Waals surface area contributed by atoms with Gasteiger partial charge in [-0.2, -0.15) is 0 Å². The first kappa shape index (κ1) is 17.5. The molecule has 3 heterocycles. The molecule has 1 N–H and O–H groups in total. The molecule has 2 aromatic rings. The molecule has 0 saturated carbocycles. The average Bonchev–Trinajstić information content (AvgIpc) is 3.09. The molecule has 1 aliphatic heterocycles. The van der Waals surface area contributed by atoms with E-state index in [1.807, 2.05) is 28.5 Å². The van der Waals surface area contributed by atoms with Crippen LogP contribution in [0.15, 0.2) is 29.8 Å². The van der Waals surface area contributed by atoms with E-state index in [-0.39, 0.29) is 24.8 Å². The Morgan fingerprint density at radius 1 is 1.32 bits per heavy atom. The monoisotopic (exact) mass is 359 g/mol. The average molecular weight is 359 g/mol. The van der Waals surface area contributed by atoms with Gasteiger partial charge in [0.25, 0.3) is 0 Å². The minimum Gasteiger partial charge on any atom is -0.481 e. The van der Waals surface area contributed by atoms with Crippen molar-refractivity contribution in [2.45, 2.75) is 44.6 Å². The van der Waals surface area contributed by atoms with Gasteiger partial charge in [-0.3, -0.25) is 14.6 Å². The summed E-state index contributed by atoms with van der Waals surface area (Å²) >= 11 is 1.48. The SMILES string of the molecule is O=C(O)CCC1CCCCN1C(=O)Cc1csc(-c2ccccn2)n1. The number of carboxylic acid groups (broad SMARTS) is 1. The number of hydrogen-bond donors (Lipinski definition) is 1. The Kier molecular flexibility index (Phi) is 5.75. The molecule has 1 atom stereocenters. The van der Waals surface area contributed by atoms with Crippen molar-refractivity contribution in [3.8, 4) is 10.7 Å². The number of rotatable bonds is 6. The zero-order chi connectivity index (χ0) is 17.6. The van der Waals surface area contributed by atoms with E-state index in [2.05, 4.69) is 9.97 Å². The molecule has 0 spiro atoms.